The van der Waals surface area contributed by atoms with Gasteiger partial charge in [0.2, 0.25) is 0 Å². The first-order valence-corrected chi connectivity index (χ1v) is 35.6. The molecule has 0 saturated carbocycles. The van der Waals surface area contributed by atoms with Gasteiger partial charge in [-0.1, -0.05) is 175 Å². The number of amides is 1. The van der Waals surface area contributed by atoms with E-state index in [1.165, 1.54) is 129 Å². The number of aliphatic hydroxyl groups is 2. The van der Waals surface area contributed by atoms with Gasteiger partial charge >= 0.3 is 18.0 Å². The van der Waals surface area contributed by atoms with Crippen LogP contribution in [0.15, 0.2) is 24.3 Å². The average molecular weight is 1150 g/mol. The van der Waals surface area contributed by atoms with Gasteiger partial charge in [-0.15, -0.1) is 0 Å². The highest BCUT2D eigenvalue weighted by atomic mass is 33.1. The fourth-order valence-corrected chi connectivity index (χ4v) is 12.3. The Labute approximate surface area is 493 Å². The molecule has 0 spiro atoms. The third kappa shape index (κ3) is 47.3. The summed E-state index contributed by atoms with van der Waals surface area (Å²) in [4.78, 5) is 48.3. The lowest BCUT2D eigenvalue weighted by atomic mass is 10.1. The zero-order chi connectivity index (χ0) is 56.7. The van der Waals surface area contributed by atoms with Crippen LogP contribution in [0.4, 0.5) is 4.79 Å². The molecule has 0 aromatic rings. The van der Waals surface area contributed by atoms with E-state index in [4.69, 9.17) is 14.2 Å². The molecule has 0 bridgehead atoms. The maximum absolute atomic E-state index is 13.5. The van der Waals surface area contributed by atoms with Gasteiger partial charge in [-0.3, -0.25) is 14.5 Å². The topological polar surface area (TPSA) is 132 Å². The standard InChI is InChI=1S/C65H122N4O8S2/c1-3-5-7-25-39-61(70)41-27-17-13-9-11-15-19-29-43-63(72)75-56-37-35-49-69(50-36-38-57-76-64(73)44-30-20-16-12-10-14-18-28-42-62(71)40-26-8-6-4-2)65(74)77-58-60-79-78-59-55-68(53-51-66-45-31-21-22-32-46-66)54-52-67-47-33-23-24-34-48-67/h17-18,27-28,61-62,70-71H,3-16,19-26,29-60H2,1-2H3/b27-17-,28-18-/t61-,62-/m0/s1. The number of unbranched alkanes of at least 4 members (excludes halogenated alkanes) is 18. The van der Waals surface area contributed by atoms with Crippen molar-refractivity contribution in [1.82, 2.24) is 19.6 Å². The average Bonchev–Trinajstić information content (AvgIpc) is 3.89. The predicted octanol–water partition coefficient (Wildman–Crippen LogP) is 15.5. The number of esters is 2. The number of allylic oxidation sites excluding steroid dienone is 2. The van der Waals surface area contributed by atoms with Gasteiger partial charge in [-0.05, 0) is 142 Å². The first-order valence-electron chi connectivity index (χ1n) is 33.1. The number of ether oxygens (including phenoxy) is 3. The van der Waals surface area contributed by atoms with E-state index in [0.29, 0.717) is 71.4 Å². The zero-order valence-corrected chi connectivity index (χ0v) is 52.7. The summed E-state index contributed by atoms with van der Waals surface area (Å²) in [7, 11) is 3.68. The Kier molecular flexibility index (Phi) is 51.4. The first-order chi connectivity index (χ1) is 38.8. The van der Waals surface area contributed by atoms with Crippen molar-refractivity contribution in [2.45, 2.75) is 270 Å². The second kappa shape index (κ2) is 55.4. The van der Waals surface area contributed by atoms with E-state index >= 15 is 0 Å². The molecule has 14 heteroatoms. The van der Waals surface area contributed by atoms with Crippen LogP contribution in [0.1, 0.15) is 258 Å². The van der Waals surface area contributed by atoms with E-state index in [9.17, 15) is 24.6 Å². The number of hydrogen-bond donors (Lipinski definition) is 2. The molecule has 462 valence electrons. The van der Waals surface area contributed by atoms with Crippen LogP contribution in [0, 0.1) is 0 Å². The summed E-state index contributed by atoms with van der Waals surface area (Å²) in [5.74, 6) is 1.50. The third-order valence-corrected chi connectivity index (χ3v) is 18.0. The Morgan fingerprint density at radius 3 is 1.35 bits per heavy atom. The molecular formula is C65H122N4O8S2. The minimum atomic E-state index is -0.307. The summed E-state index contributed by atoms with van der Waals surface area (Å²) in [6.45, 7) is 17.2. The van der Waals surface area contributed by atoms with E-state index in [2.05, 4.69) is 52.9 Å². The summed E-state index contributed by atoms with van der Waals surface area (Å²) in [5, 5.41) is 20.3. The van der Waals surface area contributed by atoms with Crippen molar-refractivity contribution in [3.8, 4) is 0 Å². The lowest BCUT2D eigenvalue weighted by molar-refractivity contribution is -0.144. The van der Waals surface area contributed by atoms with Gasteiger partial charge in [0, 0.05) is 70.2 Å². The van der Waals surface area contributed by atoms with Gasteiger partial charge in [0.1, 0.15) is 6.61 Å². The number of carbonyl (C=O) groups is 3. The van der Waals surface area contributed by atoms with Crippen LogP contribution in [-0.2, 0) is 23.8 Å². The van der Waals surface area contributed by atoms with Gasteiger partial charge in [0.05, 0.1) is 25.4 Å². The number of likely N-dealkylation sites (tertiary alicyclic amines) is 2. The molecule has 12 nitrogen and oxygen atoms in total. The minimum absolute atomic E-state index is 0.147. The Hall–Kier alpha value is -1.81. The van der Waals surface area contributed by atoms with E-state index < -0.39 is 0 Å². The van der Waals surface area contributed by atoms with E-state index in [1.807, 2.05) is 10.8 Å². The highest BCUT2D eigenvalue weighted by molar-refractivity contribution is 8.76. The lowest BCUT2D eigenvalue weighted by Gasteiger charge is -2.29. The molecule has 0 aliphatic carbocycles. The number of carbonyl (C=O) groups excluding carboxylic acids is 3. The Bertz CT molecular complexity index is 1360. The maximum Gasteiger partial charge on any atom is 0.409 e. The van der Waals surface area contributed by atoms with Gasteiger partial charge in [0.15, 0.2) is 0 Å². The minimum Gasteiger partial charge on any atom is -0.466 e. The quantitative estimate of drug-likeness (QED) is 0.0197. The highest BCUT2D eigenvalue weighted by Gasteiger charge is 2.17. The van der Waals surface area contributed by atoms with Crippen LogP contribution < -0.4 is 0 Å². The van der Waals surface area contributed by atoms with Crippen LogP contribution in [0.25, 0.3) is 0 Å². The molecule has 2 saturated heterocycles. The maximum atomic E-state index is 13.5. The molecule has 2 N–H and O–H groups in total. The molecule has 2 rings (SSSR count). The Balaban J connectivity index is 1.68. The second-order valence-electron chi connectivity index (χ2n) is 23.0. The normalized spacial score (nSPS) is 15.7. The van der Waals surface area contributed by atoms with Gasteiger partial charge in [-0.2, -0.15) is 0 Å². The molecule has 2 atom stereocenters. The van der Waals surface area contributed by atoms with Crippen LogP contribution in [-0.4, -0.2) is 163 Å². The van der Waals surface area contributed by atoms with Crippen LogP contribution >= 0.6 is 21.6 Å². The zero-order valence-electron chi connectivity index (χ0n) is 51.1. The SMILES string of the molecule is CCCCCC[C@H](O)C/C=C\CCCCCCCC(=O)OCCCCN(CCCCOC(=O)CCCCCCC/C=C\C[C@@H](O)CCCCCC)C(=O)OCCSSCCN(CCN1CCCCCC1)CCN1CCCCCC1. The summed E-state index contributed by atoms with van der Waals surface area (Å²) in [5.41, 5.74) is 0. The van der Waals surface area contributed by atoms with Crippen LogP contribution in [0.5, 0.6) is 0 Å². The number of rotatable bonds is 53. The van der Waals surface area contributed by atoms with Crippen molar-refractivity contribution < 1.29 is 38.8 Å². The first kappa shape index (κ1) is 73.3. The molecule has 2 fully saturated rings. The van der Waals surface area contributed by atoms with Crippen molar-refractivity contribution >= 4 is 39.6 Å². The lowest BCUT2D eigenvalue weighted by Crippen LogP contribution is -2.41. The number of nitrogens with zero attached hydrogens (tertiary/aromatic N) is 4. The van der Waals surface area contributed by atoms with Crippen LogP contribution in [0.3, 0.4) is 0 Å². The fourth-order valence-electron chi connectivity index (χ4n) is 10.5. The van der Waals surface area contributed by atoms with E-state index in [1.54, 1.807) is 15.7 Å². The molecule has 1 amide bonds. The van der Waals surface area contributed by atoms with Gasteiger partial charge in [0.25, 0.3) is 0 Å². The molecule has 2 heterocycles. The summed E-state index contributed by atoms with van der Waals surface area (Å²) in [6, 6.07) is 0. The largest absolute Gasteiger partial charge is 0.466 e. The number of aliphatic hydroxyl groups excluding tert-OH is 2. The second-order valence-corrected chi connectivity index (χ2v) is 25.7. The molecule has 2 aliphatic heterocycles. The smallest absolute Gasteiger partial charge is 0.409 e. The predicted molar refractivity (Wildman–Crippen MR) is 336 cm³/mol. The highest BCUT2D eigenvalue weighted by Crippen LogP contribution is 2.22. The molecule has 0 aromatic heterocycles. The molecule has 0 aromatic carbocycles. The summed E-state index contributed by atoms with van der Waals surface area (Å²) >= 11 is 0. The molecule has 0 unspecified atom stereocenters. The van der Waals surface area contributed by atoms with Crippen molar-refractivity contribution in [1.29, 1.82) is 0 Å². The van der Waals surface area contributed by atoms with Crippen molar-refractivity contribution in [3.05, 3.63) is 24.3 Å². The fraction of sp³-hybridized carbons (Fsp3) is 0.892. The van der Waals surface area contributed by atoms with Crippen molar-refractivity contribution in [2.24, 2.45) is 0 Å². The number of hydrogen-bond acceptors (Lipinski definition) is 13. The van der Waals surface area contributed by atoms with Gasteiger partial charge in [-0.25, -0.2) is 4.79 Å². The molecule has 79 heavy (non-hydrogen) atoms. The van der Waals surface area contributed by atoms with E-state index in [-0.39, 0.29) is 30.2 Å². The van der Waals surface area contributed by atoms with Crippen molar-refractivity contribution in [2.75, 3.05) is 103 Å². The van der Waals surface area contributed by atoms with Gasteiger partial charge < -0.3 is 39.1 Å². The molecule has 2 aliphatic rings. The summed E-state index contributed by atoms with van der Waals surface area (Å²) in [6.07, 6.45) is 47.9. The van der Waals surface area contributed by atoms with E-state index in [0.717, 1.165) is 147 Å². The Morgan fingerprint density at radius 1 is 0.456 bits per heavy atom. The van der Waals surface area contributed by atoms with Crippen molar-refractivity contribution in [3.63, 3.8) is 0 Å². The van der Waals surface area contributed by atoms with Crippen LogP contribution in [0.2, 0.25) is 0 Å². The monoisotopic (exact) mass is 1150 g/mol. The summed E-state index contributed by atoms with van der Waals surface area (Å²) < 4.78 is 17.0. The molecule has 0 radical (unpaired) electrons. The Morgan fingerprint density at radius 2 is 0.886 bits per heavy atom. The third-order valence-electron chi connectivity index (χ3n) is 15.7. The molecular weight excluding hydrogens is 1030 g/mol.